The van der Waals surface area contributed by atoms with Crippen molar-refractivity contribution in [1.29, 1.82) is 5.26 Å². The number of nitriles is 1. The van der Waals surface area contributed by atoms with E-state index in [-0.39, 0.29) is 23.1 Å². The number of fused-ring (bicyclic) bond motifs is 1. The van der Waals surface area contributed by atoms with Gasteiger partial charge in [-0.2, -0.15) is 23.5 Å². The number of aromatic nitrogens is 2. The average Bonchev–Trinajstić information content (AvgIpc) is 2.80. The lowest BCUT2D eigenvalue weighted by Crippen LogP contribution is -2.27. The first-order valence-corrected chi connectivity index (χ1v) is 6.95. The molecular weight excluding hydrogens is 325 g/mol. The maximum atomic E-state index is 13.2. The number of hydrogen-bond acceptors (Lipinski definition) is 4. The third-order valence-electron chi connectivity index (χ3n) is 2.96. The maximum Gasteiger partial charge on any atom is 0.418 e. The van der Waals surface area contributed by atoms with Crippen molar-refractivity contribution in [2.45, 2.75) is 39.1 Å². The average molecular weight is 340 g/mol. The monoisotopic (exact) mass is 340 g/mol. The Hall–Kier alpha value is -2.76. The van der Waals surface area contributed by atoms with Crippen LogP contribution in [0.4, 0.5) is 23.7 Å². The molecule has 1 amide bonds. The van der Waals surface area contributed by atoms with E-state index in [9.17, 15) is 18.0 Å². The Kier molecular flexibility index (Phi) is 4.42. The molecule has 2 aromatic rings. The van der Waals surface area contributed by atoms with Gasteiger partial charge in [0.1, 0.15) is 12.1 Å². The highest BCUT2D eigenvalue weighted by atomic mass is 19.4. The molecule has 0 saturated carbocycles. The summed E-state index contributed by atoms with van der Waals surface area (Å²) in [6, 6.07) is 3.72. The molecule has 0 atom stereocenters. The Morgan fingerprint density at radius 1 is 1.38 bits per heavy atom. The molecule has 24 heavy (non-hydrogen) atoms. The van der Waals surface area contributed by atoms with E-state index in [1.54, 1.807) is 26.8 Å². The molecule has 128 valence electrons. The van der Waals surface area contributed by atoms with E-state index in [4.69, 9.17) is 10.00 Å². The van der Waals surface area contributed by atoms with E-state index >= 15 is 0 Å². The van der Waals surface area contributed by atoms with E-state index < -0.39 is 23.4 Å². The van der Waals surface area contributed by atoms with Crippen molar-refractivity contribution in [3.8, 4) is 6.07 Å². The number of benzene rings is 1. The van der Waals surface area contributed by atoms with E-state index in [0.717, 1.165) is 16.8 Å². The Balaban J connectivity index is 2.51. The van der Waals surface area contributed by atoms with Crippen LogP contribution in [0.2, 0.25) is 0 Å². The maximum absolute atomic E-state index is 13.2. The summed E-state index contributed by atoms with van der Waals surface area (Å²) in [4.78, 5) is 11.9. The number of nitrogens with zero attached hydrogens (tertiary/aromatic N) is 3. The molecular formula is C15H15F3N4O2. The lowest BCUT2D eigenvalue weighted by molar-refractivity contribution is -0.136. The van der Waals surface area contributed by atoms with Crippen molar-refractivity contribution < 1.29 is 22.7 Å². The summed E-state index contributed by atoms with van der Waals surface area (Å²) in [6.07, 6.45) is -4.23. The molecule has 0 saturated heterocycles. The number of hydrogen-bond donors (Lipinski definition) is 1. The number of halogens is 3. The highest BCUT2D eigenvalue weighted by Crippen LogP contribution is 2.37. The van der Waals surface area contributed by atoms with Crippen molar-refractivity contribution in [3.05, 3.63) is 23.9 Å². The number of alkyl halides is 3. The van der Waals surface area contributed by atoms with Gasteiger partial charge in [0.15, 0.2) is 0 Å². The van der Waals surface area contributed by atoms with Crippen LogP contribution < -0.4 is 5.32 Å². The van der Waals surface area contributed by atoms with Gasteiger partial charge in [-0.05, 0) is 32.9 Å². The Morgan fingerprint density at radius 2 is 2.04 bits per heavy atom. The number of carbonyl (C=O) groups excluding carboxylic acids is 1. The fraction of sp³-hybridized carbons (Fsp3) is 0.400. The lowest BCUT2D eigenvalue weighted by atomic mass is 10.1. The van der Waals surface area contributed by atoms with Gasteiger partial charge in [0, 0.05) is 5.39 Å². The van der Waals surface area contributed by atoms with E-state index in [0.29, 0.717) is 0 Å². The minimum Gasteiger partial charge on any atom is -0.444 e. The lowest BCUT2D eigenvalue weighted by Gasteiger charge is -2.20. The topological polar surface area (TPSA) is 79.9 Å². The minimum absolute atomic E-state index is 0.0749. The first kappa shape index (κ1) is 17.6. The summed E-state index contributed by atoms with van der Waals surface area (Å²) >= 11 is 0. The van der Waals surface area contributed by atoms with Crippen LogP contribution in [0.25, 0.3) is 10.9 Å². The number of anilines is 1. The first-order valence-electron chi connectivity index (χ1n) is 6.95. The molecule has 6 nitrogen and oxygen atoms in total. The van der Waals surface area contributed by atoms with Crippen molar-refractivity contribution in [2.24, 2.45) is 0 Å². The standard InChI is InChI=1S/C15H15F3N4O2/c1-14(2,3)24-13(23)21-11-5-4-10(15(16,17)18)12-9(11)8-20-22(12)7-6-19/h4-5,8H,7H2,1-3H3,(H,21,23). The molecule has 1 aromatic heterocycles. The van der Waals surface area contributed by atoms with Crippen LogP contribution in [0.3, 0.4) is 0 Å². The van der Waals surface area contributed by atoms with Gasteiger partial charge < -0.3 is 4.74 Å². The molecule has 0 spiro atoms. The van der Waals surface area contributed by atoms with Crippen LogP contribution in [-0.2, 0) is 17.5 Å². The van der Waals surface area contributed by atoms with Gasteiger partial charge in [-0.25, -0.2) is 9.48 Å². The normalized spacial score (nSPS) is 12.0. The van der Waals surface area contributed by atoms with Crippen LogP contribution in [0.1, 0.15) is 26.3 Å². The van der Waals surface area contributed by atoms with Crippen LogP contribution >= 0.6 is 0 Å². The van der Waals surface area contributed by atoms with Gasteiger partial charge in [0.05, 0.1) is 29.0 Å². The van der Waals surface area contributed by atoms with Crippen LogP contribution in [0.15, 0.2) is 18.3 Å². The van der Waals surface area contributed by atoms with Crippen LogP contribution in [-0.4, -0.2) is 21.5 Å². The SMILES string of the molecule is CC(C)(C)OC(=O)Nc1ccc(C(F)(F)F)c2c1cnn2CC#N. The van der Waals surface area contributed by atoms with Crippen molar-refractivity contribution in [2.75, 3.05) is 5.32 Å². The smallest absolute Gasteiger partial charge is 0.418 e. The van der Waals surface area contributed by atoms with Gasteiger partial charge in [0.2, 0.25) is 0 Å². The predicted molar refractivity (Wildman–Crippen MR) is 80.2 cm³/mol. The summed E-state index contributed by atoms with van der Waals surface area (Å²) < 4.78 is 45.6. The molecule has 0 bridgehead atoms. The second-order valence-electron chi connectivity index (χ2n) is 6.01. The zero-order chi connectivity index (χ0) is 18.1. The van der Waals surface area contributed by atoms with Crippen molar-refractivity contribution >= 4 is 22.7 Å². The van der Waals surface area contributed by atoms with Gasteiger partial charge in [-0.3, -0.25) is 5.32 Å². The van der Waals surface area contributed by atoms with E-state index in [1.807, 2.05) is 0 Å². The zero-order valence-electron chi connectivity index (χ0n) is 13.2. The van der Waals surface area contributed by atoms with E-state index in [1.165, 1.54) is 6.20 Å². The predicted octanol–water partition coefficient (Wildman–Crippen LogP) is 3.93. The fourth-order valence-corrected chi connectivity index (χ4v) is 2.14. The number of nitrogens with one attached hydrogen (secondary N) is 1. The molecule has 0 fully saturated rings. The zero-order valence-corrected chi connectivity index (χ0v) is 13.2. The largest absolute Gasteiger partial charge is 0.444 e. The van der Waals surface area contributed by atoms with Gasteiger partial charge in [0.25, 0.3) is 0 Å². The first-order chi connectivity index (χ1) is 11.0. The van der Waals surface area contributed by atoms with Crippen molar-refractivity contribution in [3.63, 3.8) is 0 Å². The Bertz CT molecular complexity index is 813. The van der Waals surface area contributed by atoms with Crippen molar-refractivity contribution in [1.82, 2.24) is 9.78 Å². The van der Waals surface area contributed by atoms with Crippen LogP contribution in [0.5, 0.6) is 0 Å². The molecule has 0 aliphatic rings. The summed E-state index contributed by atoms with van der Waals surface area (Å²) in [6.45, 7) is 4.65. The molecule has 1 aromatic carbocycles. The van der Waals surface area contributed by atoms with Crippen LogP contribution in [0, 0.1) is 11.3 Å². The molecule has 0 aliphatic carbocycles. The third-order valence-corrected chi connectivity index (χ3v) is 2.96. The Morgan fingerprint density at radius 3 is 2.58 bits per heavy atom. The highest BCUT2D eigenvalue weighted by molar-refractivity contribution is 6.00. The molecule has 0 radical (unpaired) electrons. The molecule has 1 N–H and O–H groups in total. The molecule has 2 rings (SSSR count). The molecule has 0 aliphatic heterocycles. The summed E-state index contributed by atoms with van der Waals surface area (Å²) in [5.41, 5.74) is -1.82. The highest BCUT2D eigenvalue weighted by Gasteiger charge is 2.35. The molecule has 1 heterocycles. The fourth-order valence-electron chi connectivity index (χ4n) is 2.14. The summed E-state index contributed by atoms with van der Waals surface area (Å²) in [5, 5.41) is 15.0. The van der Waals surface area contributed by atoms with E-state index in [2.05, 4.69) is 10.4 Å². The summed E-state index contributed by atoms with van der Waals surface area (Å²) in [5.74, 6) is 0. The van der Waals surface area contributed by atoms with Gasteiger partial charge in [-0.1, -0.05) is 0 Å². The number of ether oxygens (including phenoxy) is 1. The number of rotatable bonds is 2. The minimum atomic E-state index is -4.62. The quantitative estimate of drug-likeness (QED) is 0.898. The molecule has 0 unspecified atom stereocenters. The number of carbonyl (C=O) groups is 1. The Labute approximate surface area is 135 Å². The summed E-state index contributed by atoms with van der Waals surface area (Å²) in [7, 11) is 0. The second-order valence-corrected chi connectivity index (χ2v) is 6.01. The number of amides is 1. The second kappa shape index (κ2) is 6.03. The van der Waals surface area contributed by atoms with Gasteiger partial charge >= 0.3 is 12.3 Å². The molecule has 9 heteroatoms. The van der Waals surface area contributed by atoms with Gasteiger partial charge in [-0.15, -0.1) is 0 Å². The third kappa shape index (κ3) is 3.76.